The fourth-order valence-electron chi connectivity index (χ4n) is 3.00. The van der Waals surface area contributed by atoms with E-state index in [9.17, 15) is 0 Å². The van der Waals surface area contributed by atoms with Gasteiger partial charge in [-0.3, -0.25) is 0 Å². The Labute approximate surface area is 89.5 Å². The third kappa shape index (κ3) is 0.612. The lowest BCUT2D eigenvalue weighted by atomic mass is 9.82. The van der Waals surface area contributed by atoms with Crippen molar-refractivity contribution >= 4 is 31.9 Å². The van der Waals surface area contributed by atoms with E-state index >= 15 is 0 Å². The topological polar surface area (TPSA) is 12.5 Å². The minimum atomic E-state index is 0.177. The molecule has 1 nitrogen and oxygen atoms in total. The number of halogens is 2. The molecule has 2 saturated carbocycles. The average molecular weight is 296 g/mol. The van der Waals surface area contributed by atoms with E-state index in [2.05, 4.69) is 45.7 Å². The van der Waals surface area contributed by atoms with Crippen LogP contribution in [0.3, 0.4) is 0 Å². The van der Waals surface area contributed by atoms with Crippen LogP contribution < -0.4 is 0 Å². The minimum absolute atomic E-state index is 0.177. The first-order chi connectivity index (χ1) is 5.42. The highest BCUT2D eigenvalue weighted by Crippen LogP contribution is 2.86. The average Bonchev–Trinajstić information content (AvgIpc) is 2.72. The van der Waals surface area contributed by atoms with Crippen LogP contribution in [0.2, 0.25) is 0 Å². The summed E-state index contributed by atoms with van der Waals surface area (Å²) in [6.07, 6.45) is 3.56. The van der Waals surface area contributed by atoms with Gasteiger partial charge in [-0.05, 0) is 12.8 Å². The number of epoxide rings is 1. The number of hydrogen-bond donors (Lipinski definition) is 0. The van der Waals surface area contributed by atoms with Crippen molar-refractivity contribution < 1.29 is 4.74 Å². The molecule has 3 heteroatoms. The molecular formula is C9H12Br2O. The lowest BCUT2D eigenvalue weighted by Gasteiger charge is -2.19. The molecule has 0 radical (unpaired) electrons. The first-order valence-electron chi connectivity index (χ1n) is 4.46. The van der Waals surface area contributed by atoms with E-state index in [1.807, 2.05) is 0 Å². The number of hydrogen-bond acceptors (Lipinski definition) is 1. The summed E-state index contributed by atoms with van der Waals surface area (Å²) in [7, 11) is 0. The van der Waals surface area contributed by atoms with Crippen LogP contribution in [-0.2, 0) is 4.74 Å². The molecule has 0 N–H and O–H groups in total. The zero-order valence-corrected chi connectivity index (χ0v) is 10.4. The van der Waals surface area contributed by atoms with E-state index in [1.165, 1.54) is 12.8 Å². The molecule has 0 unspecified atom stereocenters. The van der Waals surface area contributed by atoms with Gasteiger partial charge in [0.15, 0.2) is 0 Å². The summed E-state index contributed by atoms with van der Waals surface area (Å²) in [5, 5.41) is 0. The fraction of sp³-hybridized carbons (Fsp3) is 1.00. The van der Waals surface area contributed by atoms with Crippen LogP contribution in [0.4, 0.5) is 0 Å². The molecular weight excluding hydrogens is 284 g/mol. The standard InChI is InChI=1S/C9H12Br2O/c1-7-3-5-6(12-5)4-8(7,2)9(7,10)11/h5-6H,3-4H2,1-2H3/t5-,6+,7-,8+. The summed E-state index contributed by atoms with van der Waals surface area (Å²) >= 11 is 7.60. The van der Waals surface area contributed by atoms with Gasteiger partial charge in [0, 0.05) is 10.8 Å². The normalized spacial score (nSPS) is 65.0. The van der Waals surface area contributed by atoms with E-state index in [0.29, 0.717) is 23.0 Å². The Hall–Kier alpha value is 0.920. The minimum Gasteiger partial charge on any atom is -0.370 e. The predicted molar refractivity (Wildman–Crippen MR) is 54.7 cm³/mol. The van der Waals surface area contributed by atoms with Crippen LogP contribution in [0, 0.1) is 10.8 Å². The van der Waals surface area contributed by atoms with Crippen LogP contribution in [-0.4, -0.2) is 15.4 Å². The summed E-state index contributed by atoms with van der Waals surface area (Å²) in [4.78, 5) is 0. The van der Waals surface area contributed by atoms with Crippen LogP contribution in [0.25, 0.3) is 0 Å². The molecule has 4 atom stereocenters. The van der Waals surface area contributed by atoms with E-state index < -0.39 is 0 Å². The third-order valence-corrected chi connectivity index (χ3v) is 7.95. The highest BCUT2D eigenvalue weighted by atomic mass is 79.9. The van der Waals surface area contributed by atoms with Gasteiger partial charge in [-0.15, -0.1) is 0 Å². The highest BCUT2D eigenvalue weighted by molar-refractivity contribution is 9.25. The van der Waals surface area contributed by atoms with Gasteiger partial charge in [0.1, 0.15) is 0 Å². The smallest absolute Gasteiger partial charge is 0.0925 e. The van der Waals surface area contributed by atoms with E-state index in [1.54, 1.807) is 0 Å². The van der Waals surface area contributed by atoms with Crippen LogP contribution >= 0.6 is 31.9 Å². The molecule has 0 spiro atoms. The largest absolute Gasteiger partial charge is 0.370 e. The monoisotopic (exact) mass is 294 g/mol. The number of rotatable bonds is 0. The number of alkyl halides is 2. The Morgan fingerprint density at radius 3 is 1.92 bits per heavy atom. The summed E-state index contributed by atoms with van der Waals surface area (Å²) in [6.45, 7) is 4.71. The maximum Gasteiger partial charge on any atom is 0.0925 e. The molecule has 0 bridgehead atoms. The van der Waals surface area contributed by atoms with E-state index in [0.717, 1.165) is 0 Å². The fourth-order valence-corrected chi connectivity index (χ4v) is 5.20. The second-order valence-corrected chi connectivity index (χ2v) is 8.30. The SMILES string of the molecule is C[C@@]12C[C@H]3O[C@H]3C[C@]1(C)C2(Br)Br. The molecule has 3 aliphatic rings. The van der Waals surface area contributed by atoms with Crippen molar-refractivity contribution in [2.75, 3.05) is 0 Å². The molecule has 3 rings (SSSR count). The Kier molecular flexibility index (Phi) is 1.25. The second-order valence-electron chi connectivity index (χ2n) is 4.86. The molecule has 0 aromatic rings. The maximum atomic E-state index is 5.56. The zero-order chi connectivity index (χ0) is 8.78. The van der Waals surface area contributed by atoms with Gasteiger partial charge >= 0.3 is 0 Å². The summed E-state index contributed by atoms with van der Waals surface area (Å²) in [5.41, 5.74) is 0.801. The third-order valence-electron chi connectivity index (χ3n) is 4.45. The molecule has 0 aromatic heterocycles. The molecule has 0 aromatic carbocycles. The summed E-state index contributed by atoms with van der Waals surface area (Å²) in [5.74, 6) is 0. The van der Waals surface area contributed by atoms with Gasteiger partial charge in [0.25, 0.3) is 0 Å². The zero-order valence-electron chi connectivity index (χ0n) is 7.23. The molecule has 3 fully saturated rings. The Balaban J connectivity index is 2.00. The molecule has 68 valence electrons. The lowest BCUT2D eigenvalue weighted by molar-refractivity contribution is 0.309. The first kappa shape index (κ1) is 8.25. The van der Waals surface area contributed by atoms with Gasteiger partial charge < -0.3 is 4.74 Å². The lowest BCUT2D eigenvalue weighted by Crippen LogP contribution is -2.19. The number of fused-ring (bicyclic) bond motifs is 2. The van der Waals surface area contributed by atoms with Gasteiger partial charge in [-0.1, -0.05) is 45.7 Å². The first-order valence-corrected chi connectivity index (χ1v) is 6.04. The second kappa shape index (κ2) is 1.82. The highest BCUT2D eigenvalue weighted by Gasteiger charge is 2.84. The van der Waals surface area contributed by atoms with Crippen molar-refractivity contribution in [1.82, 2.24) is 0 Å². The molecule has 1 heterocycles. The Morgan fingerprint density at radius 1 is 1.08 bits per heavy atom. The molecule has 1 aliphatic heterocycles. The van der Waals surface area contributed by atoms with Crippen molar-refractivity contribution in [2.24, 2.45) is 10.8 Å². The predicted octanol–water partition coefficient (Wildman–Crippen LogP) is 3.06. The van der Waals surface area contributed by atoms with Gasteiger partial charge in [-0.25, -0.2) is 0 Å². The molecule has 1 saturated heterocycles. The maximum absolute atomic E-state index is 5.56. The number of ether oxygens (including phenoxy) is 1. The summed E-state index contributed by atoms with van der Waals surface area (Å²) < 4.78 is 5.74. The van der Waals surface area contributed by atoms with Crippen molar-refractivity contribution in [2.45, 2.75) is 42.1 Å². The van der Waals surface area contributed by atoms with Crippen molar-refractivity contribution in [3.63, 3.8) is 0 Å². The van der Waals surface area contributed by atoms with Gasteiger partial charge in [0.05, 0.1) is 15.4 Å². The quantitative estimate of drug-likeness (QED) is 0.494. The van der Waals surface area contributed by atoms with E-state index in [4.69, 9.17) is 4.74 Å². The molecule has 2 aliphatic carbocycles. The van der Waals surface area contributed by atoms with Crippen LogP contribution in [0.1, 0.15) is 26.7 Å². The van der Waals surface area contributed by atoms with Crippen molar-refractivity contribution in [3.8, 4) is 0 Å². The van der Waals surface area contributed by atoms with E-state index in [-0.39, 0.29) is 3.23 Å². The van der Waals surface area contributed by atoms with Crippen LogP contribution in [0.5, 0.6) is 0 Å². The Morgan fingerprint density at radius 2 is 1.50 bits per heavy atom. The van der Waals surface area contributed by atoms with Gasteiger partial charge in [0.2, 0.25) is 0 Å². The Bertz CT molecular complexity index is 241. The molecule has 0 amide bonds. The molecule has 12 heavy (non-hydrogen) atoms. The van der Waals surface area contributed by atoms with Crippen molar-refractivity contribution in [3.05, 3.63) is 0 Å². The van der Waals surface area contributed by atoms with Crippen LogP contribution in [0.15, 0.2) is 0 Å². The van der Waals surface area contributed by atoms with Crippen molar-refractivity contribution in [1.29, 1.82) is 0 Å². The van der Waals surface area contributed by atoms with Gasteiger partial charge in [-0.2, -0.15) is 0 Å². The summed E-state index contributed by atoms with van der Waals surface area (Å²) in [6, 6.07) is 0.